The highest BCUT2D eigenvalue weighted by Crippen LogP contribution is 2.13. The summed E-state index contributed by atoms with van der Waals surface area (Å²) in [6, 6.07) is 1.76. The summed E-state index contributed by atoms with van der Waals surface area (Å²) in [5.41, 5.74) is 2.13. The van der Waals surface area contributed by atoms with E-state index in [2.05, 4.69) is 36.4 Å². The number of rotatable bonds is 4. The molecular formula is C14H15BrN6O2S. The number of hydrogen-bond acceptors (Lipinski definition) is 7. The first kappa shape index (κ1) is 16.9. The molecule has 0 aliphatic carbocycles. The van der Waals surface area contributed by atoms with Crippen LogP contribution in [0, 0.1) is 0 Å². The number of nitrogens with zero attached hydrogens (tertiary/aromatic N) is 5. The van der Waals surface area contributed by atoms with E-state index >= 15 is 0 Å². The third kappa shape index (κ3) is 4.34. The van der Waals surface area contributed by atoms with Crippen molar-refractivity contribution in [2.45, 2.75) is 0 Å². The molecule has 2 aromatic rings. The van der Waals surface area contributed by atoms with Gasteiger partial charge in [0.25, 0.3) is 5.91 Å². The predicted molar refractivity (Wildman–Crippen MR) is 92.8 cm³/mol. The summed E-state index contributed by atoms with van der Waals surface area (Å²) >= 11 is 4.60. The maximum absolute atomic E-state index is 12.4. The van der Waals surface area contributed by atoms with Crippen LogP contribution >= 0.6 is 27.3 Å². The van der Waals surface area contributed by atoms with E-state index in [0.29, 0.717) is 36.9 Å². The fourth-order valence-corrected chi connectivity index (χ4v) is 3.24. The van der Waals surface area contributed by atoms with Crippen LogP contribution < -0.4 is 5.32 Å². The van der Waals surface area contributed by atoms with Crippen LogP contribution in [0.4, 0.5) is 5.13 Å². The number of anilines is 1. The molecule has 0 spiro atoms. The fourth-order valence-electron chi connectivity index (χ4n) is 2.41. The zero-order chi connectivity index (χ0) is 16.9. The molecule has 2 amide bonds. The van der Waals surface area contributed by atoms with E-state index in [-0.39, 0.29) is 18.4 Å². The molecule has 24 heavy (non-hydrogen) atoms. The van der Waals surface area contributed by atoms with Crippen LogP contribution in [0.3, 0.4) is 0 Å². The number of halogens is 1. The minimum atomic E-state index is -0.122. The number of nitrogens with one attached hydrogen (secondary N) is 1. The maximum Gasteiger partial charge on any atom is 0.255 e. The van der Waals surface area contributed by atoms with Gasteiger partial charge < -0.3 is 4.90 Å². The summed E-state index contributed by atoms with van der Waals surface area (Å²) in [6.45, 7) is 2.74. The van der Waals surface area contributed by atoms with Crippen LogP contribution in [0.5, 0.6) is 0 Å². The van der Waals surface area contributed by atoms with Gasteiger partial charge in [-0.2, -0.15) is 0 Å². The van der Waals surface area contributed by atoms with E-state index in [0.717, 1.165) is 4.47 Å². The van der Waals surface area contributed by atoms with Crippen molar-refractivity contribution >= 4 is 44.2 Å². The van der Waals surface area contributed by atoms with Gasteiger partial charge in [0.05, 0.1) is 12.1 Å². The van der Waals surface area contributed by atoms with E-state index < -0.39 is 0 Å². The van der Waals surface area contributed by atoms with Crippen molar-refractivity contribution in [3.63, 3.8) is 0 Å². The van der Waals surface area contributed by atoms with Gasteiger partial charge in [-0.25, -0.2) is 0 Å². The Bertz CT molecular complexity index is 718. The number of carbonyl (C=O) groups excluding carboxylic acids is 2. The lowest BCUT2D eigenvalue weighted by Crippen LogP contribution is -2.50. The zero-order valence-corrected chi connectivity index (χ0v) is 15.1. The quantitative estimate of drug-likeness (QED) is 0.810. The number of carbonyl (C=O) groups is 2. The molecule has 0 radical (unpaired) electrons. The van der Waals surface area contributed by atoms with Crippen molar-refractivity contribution < 1.29 is 9.59 Å². The molecule has 0 saturated carbocycles. The highest BCUT2D eigenvalue weighted by molar-refractivity contribution is 9.10. The van der Waals surface area contributed by atoms with Crippen molar-refractivity contribution in [2.75, 3.05) is 38.0 Å². The van der Waals surface area contributed by atoms with Gasteiger partial charge in [-0.3, -0.25) is 24.8 Å². The Morgan fingerprint density at radius 2 is 2.04 bits per heavy atom. The number of amides is 2. The molecule has 8 nitrogen and oxygen atoms in total. The molecular weight excluding hydrogens is 396 g/mol. The van der Waals surface area contributed by atoms with Crippen molar-refractivity contribution in [3.05, 3.63) is 34.0 Å². The van der Waals surface area contributed by atoms with Gasteiger partial charge in [-0.1, -0.05) is 11.3 Å². The van der Waals surface area contributed by atoms with Crippen molar-refractivity contribution in [2.24, 2.45) is 0 Å². The van der Waals surface area contributed by atoms with E-state index in [9.17, 15) is 9.59 Å². The second-order valence-corrected chi connectivity index (χ2v) is 7.00. The van der Waals surface area contributed by atoms with E-state index in [1.807, 2.05) is 4.90 Å². The second-order valence-electron chi connectivity index (χ2n) is 5.25. The molecule has 1 aliphatic heterocycles. The largest absolute Gasteiger partial charge is 0.336 e. The minimum Gasteiger partial charge on any atom is -0.336 e. The first-order valence-electron chi connectivity index (χ1n) is 7.30. The van der Waals surface area contributed by atoms with Crippen LogP contribution in [0.25, 0.3) is 0 Å². The maximum atomic E-state index is 12.4. The van der Waals surface area contributed by atoms with E-state index in [1.54, 1.807) is 28.9 Å². The predicted octanol–water partition coefficient (Wildman–Crippen LogP) is 1.09. The summed E-state index contributed by atoms with van der Waals surface area (Å²) < 4.78 is 0.778. The molecule has 0 unspecified atom stereocenters. The van der Waals surface area contributed by atoms with Gasteiger partial charge in [-0.15, -0.1) is 10.2 Å². The first-order chi connectivity index (χ1) is 11.6. The molecule has 0 atom stereocenters. The number of aromatic nitrogens is 3. The molecule has 1 fully saturated rings. The van der Waals surface area contributed by atoms with Crippen LogP contribution in [-0.4, -0.2) is 69.5 Å². The first-order valence-corrected chi connectivity index (χ1v) is 8.97. The molecule has 2 aromatic heterocycles. The lowest BCUT2D eigenvalue weighted by molar-refractivity contribution is -0.117. The molecule has 1 N–H and O–H groups in total. The summed E-state index contributed by atoms with van der Waals surface area (Å²) in [5.74, 6) is -0.163. The molecule has 3 rings (SSSR count). The van der Waals surface area contributed by atoms with Gasteiger partial charge in [0.1, 0.15) is 5.51 Å². The van der Waals surface area contributed by atoms with Gasteiger partial charge in [0.2, 0.25) is 11.0 Å². The van der Waals surface area contributed by atoms with Gasteiger partial charge in [-0.05, 0) is 22.0 Å². The summed E-state index contributed by atoms with van der Waals surface area (Å²) in [4.78, 5) is 32.2. The van der Waals surface area contributed by atoms with E-state index in [4.69, 9.17) is 0 Å². The standard InChI is InChI=1S/C14H15BrN6O2S/c15-11-5-10(6-16-7-11)13(23)21-3-1-20(2-4-21)8-12(22)18-14-19-17-9-24-14/h5-7,9H,1-4,8H2,(H,18,19,22). The topological polar surface area (TPSA) is 91.3 Å². The molecule has 0 aromatic carbocycles. The monoisotopic (exact) mass is 410 g/mol. The highest BCUT2D eigenvalue weighted by atomic mass is 79.9. The van der Waals surface area contributed by atoms with Gasteiger partial charge in [0.15, 0.2) is 0 Å². The Balaban J connectivity index is 1.48. The van der Waals surface area contributed by atoms with Gasteiger partial charge >= 0.3 is 0 Å². The van der Waals surface area contributed by atoms with Crippen LogP contribution in [0.2, 0.25) is 0 Å². The molecule has 126 valence electrons. The average Bonchev–Trinajstić information content (AvgIpc) is 3.07. The van der Waals surface area contributed by atoms with Crippen LogP contribution in [0.1, 0.15) is 10.4 Å². The molecule has 3 heterocycles. The molecule has 1 saturated heterocycles. The fraction of sp³-hybridized carbons (Fsp3) is 0.357. The van der Waals surface area contributed by atoms with Crippen molar-refractivity contribution in [1.82, 2.24) is 25.0 Å². The third-order valence-corrected chi connectivity index (χ3v) is 4.63. The summed E-state index contributed by atoms with van der Waals surface area (Å²) in [5, 5.41) is 10.7. The number of hydrogen-bond donors (Lipinski definition) is 1. The Kier molecular flexibility index (Phi) is 5.48. The Hall–Kier alpha value is -1.91. The number of piperazine rings is 1. The normalized spacial score (nSPS) is 15.3. The van der Waals surface area contributed by atoms with E-state index in [1.165, 1.54) is 11.3 Å². The lowest BCUT2D eigenvalue weighted by Gasteiger charge is -2.34. The molecule has 10 heteroatoms. The molecule has 1 aliphatic rings. The Labute approximate surface area is 151 Å². The summed E-state index contributed by atoms with van der Waals surface area (Å²) in [6.07, 6.45) is 3.21. The Morgan fingerprint density at radius 1 is 1.25 bits per heavy atom. The zero-order valence-electron chi connectivity index (χ0n) is 12.7. The van der Waals surface area contributed by atoms with Gasteiger partial charge in [0, 0.05) is 43.0 Å². The SMILES string of the molecule is O=C(CN1CCN(C(=O)c2cncc(Br)c2)CC1)Nc1nncs1. The smallest absolute Gasteiger partial charge is 0.255 e. The number of pyridine rings is 1. The summed E-state index contributed by atoms with van der Waals surface area (Å²) in [7, 11) is 0. The lowest BCUT2D eigenvalue weighted by atomic mass is 10.2. The minimum absolute atomic E-state index is 0.0400. The third-order valence-electron chi connectivity index (χ3n) is 3.58. The second kappa shape index (κ2) is 7.77. The molecule has 0 bridgehead atoms. The van der Waals surface area contributed by atoms with Crippen molar-refractivity contribution in [3.8, 4) is 0 Å². The van der Waals surface area contributed by atoms with Crippen molar-refractivity contribution in [1.29, 1.82) is 0 Å². The van der Waals surface area contributed by atoms with Crippen LogP contribution in [-0.2, 0) is 4.79 Å². The highest BCUT2D eigenvalue weighted by Gasteiger charge is 2.23. The van der Waals surface area contributed by atoms with Crippen LogP contribution in [0.15, 0.2) is 28.4 Å². The Morgan fingerprint density at radius 3 is 2.71 bits per heavy atom. The average molecular weight is 411 g/mol.